The molecule has 1 aromatic heterocycles. The standard InChI is InChI=1S/C15H21N3/c1-3-16-11-14-12(2)17-18-15(14)10-9-13-7-5-4-6-8-13/h4-8,16H,3,9-11H2,1-2H3,(H,17,18). The summed E-state index contributed by atoms with van der Waals surface area (Å²) < 4.78 is 0. The second kappa shape index (κ2) is 6.36. The predicted octanol–water partition coefficient (Wildman–Crippen LogP) is 2.61. The molecule has 0 radical (unpaired) electrons. The number of aromatic amines is 1. The van der Waals surface area contributed by atoms with Crippen molar-refractivity contribution in [2.24, 2.45) is 0 Å². The minimum Gasteiger partial charge on any atom is -0.313 e. The van der Waals surface area contributed by atoms with E-state index < -0.39 is 0 Å². The summed E-state index contributed by atoms with van der Waals surface area (Å²) in [7, 11) is 0. The fourth-order valence-electron chi connectivity index (χ4n) is 2.10. The van der Waals surface area contributed by atoms with E-state index in [1.54, 1.807) is 0 Å². The second-order valence-electron chi connectivity index (χ2n) is 4.54. The maximum absolute atomic E-state index is 4.42. The van der Waals surface area contributed by atoms with Crippen molar-refractivity contribution in [2.75, 3.05) is 6.54 Å². The molecule has 0 saturated heterocycles. The quantitative estimate of drug-likeness (QED) is 0.819. The van der Waals surface area contributed by atoms with Gasteiger partial charge in [-0.25, -0.2) is 0 Å². The van der Waals surface area contributed by atoms with Crippen molar-refractivity contribution < 1.29 is 0 Å². The summed E-state index contributed by atoms with van der Waals surface area (Å²) >= 11 is 0. The maximum Gasteiger partial charge on any atom is 0.0673 e. The van der Waals surface area contributed by atoms with Gasteiger partial charge in [-0.2, -0.15) is 5.10 Å². The normalized spacial score (nSPS) is 10.8. The summed E-state index contributed by atoms with van der Waals surface area (Å²) in [6, 6.07) is 10.6. The van der Waals surface area contributed by atoms with Crippen LogP contribution in [0.2, 0.25) is 0 Å². The van der Waals surface area contributed by atoms with Crippen LogP contribution in [0.4, 0.5) is 0 Å². The van der Waals surface area contributed by atoms with Gasteiger partial charge < -0.3 is 5.32 Å². The molecule has 96 valence electrons. The Bertz CT molecular complexity index is 474. The van der Waals surface area contributed by atoms with Crippen LogP contribution in [0.1, 0.15) is 29.4 Å². The number of nitrogens with zero attached hydrogens (tertiary/aromatic N) is 1. The number of rotatable bonds is 6. The molecule has 1 aromatic carbocycles. The molecule has 2 N–H and O–H groups in total. The van der Waals surface area contributed by atoms with Crippen molar-refractivity contribution in [3.8, 4) is 0 Å². The predicted molar refractivity (Wildman–Crippen MR) is 74.6 cm³/mol. The summed E-state index contributed by atoms with van der Waals surface area (Å²) in [6.45, 7) is 6.11. The smallest absolute Gasteiger partial charge is 0.0673 e. The number of benzene rings is 1. The lowest BCUT2D eigenvalue weighted by molar-refractivity contribution is 0.715. The molecule has 0 aliphatic heterocycles. The summed E-state index contributed by atoms with van der Waals surface area (Å²) in [5.74, 6) is 0. The highest BCUT2D eigenvalue weighted by Crippen LogP contribution is 2.13. The number of hydrogen-bond acceptors (Lipinski definition) is 2. The summed E-state index contributed by atoms with van der Waals surface area (Å²) in [6.07, 6.45) is 2.04. The molecule has 1 heterocycles. The van der Waals surface area contributed by atoms with Gasteiger partial charge in [0.1, 0.15) is 0 Å². The van der Waals surface area contributed by atoms with E-state index in [-0.39, 0.29) is 0 Å². The highest BCUT2D eigenvalue weighted by Gasteiger charge is 2.09. The van der Waals surface area contributed by atoms with Gasteiger partial charge in [0.15, 0.2) is 0 Å². The zero-order chi connectivity index (χ0) is 12.8. The highest BCUT2D eigenvalue weighted by atomic mass is 15.1. The van der Waals surface area contributed by atoms with Crippen molar-refractivity contribution in [3.05, 3.63) is 52.8 Å². The van der Waals surface area contributed by atoms with Crippen molar-refractivity contribution in [3.63, 3.8) is 0 Å². The third-order valence-corrected chi connectivity index (χ3v) is 3.20. The molecule has 2 rings (SSSR count). The minimum absolute atomic E-state index is 0.906. The minimum atomic E-state index is 0.906. The lowest BCUT2D eigenvalue weighted by atomic mass is 10.0. The largest absolute Gasteiger partial charge is 0.313 e. The Morgan fingerprint density at radius 1 is 1.17 bits per heavy atom. The number of aromatic nitrogens is 2. The topological polar surface area (TPSA) is 40.7 Å². The van der Waals surface area contributed by atoms with Crippen LogP contribution in [-0.2, 0) is 19.4 Å². The first-order chi connectivity index (χ1) is 8.81. The van der Waals surface area contributed by atoms with Crippen molar-refractivity contribution in [1.82, 2.24) is 15.5 Å². The van der Waals surface area contributed by atoms with Gasteiger partial charge in [0.25, 0.3) is 0 Å². The lowest BCUT2D eigenvalue weighted by Crippen LogP contribution is -2.13. The van der Waals surface area contributed by atoms with E-state index >= 15 is 0 Å². The van der Waals surface area contributed by atoms with Gasteiger partial charge in [-0.1, -0.05) is 37.3 Å². The fraction of sp³-hybridized carbons (Fsp3) is 0.400. The van der Waals surface area contributed by atoms with E-state index in [2.05, 4.69) is 59.7 Å². The van der Waals surface area contributed by atoms with Gasteiger partial charge >= 0.3 is 0 Å². The lowest BCUT2D eigenvalue weighted by Gasteiger charge is -2.05. The second-order valence-corrected chi connectivity index (χ2v) is 4.54. The molecule has 0 aliphatic carbocycles. The molecule has 0 spiro atoms. The maximum atomic E-state index is 4.42. The monoisotopic (exact) mass is 243 g/mol. The summed E-state index contributed by atoms with van der Waals surface area (Å²) in [4.78, 5) is 0. The van der Waals surface area contributed by atoms with Crippen LogP contribution in [0, 0.1) is 6.92 Å². The zero-order valence-corrected chi connectivity index (χ0v) is 11.2. The van der Waals surface area contributed by atoms with Crippen LogP contribution in [-0.4, -0.2) is 16.7 Å². The molecule has 3 nitrogen and oxygen atoms in total. The van der Waals surface area contributed by atoms with Crippen LogP contribution in [0.5, 0.6) is 0 Å². The van der Waals surface area contributed by atoms with E-state index in [1.807, 2.05) is 0 Å². The molecule has 0 bridgehead atoms. The number of nitrogens with one attached hydrogen (secondary N) is 2. The van der Waals surface area contributed by atoms with Crippen LogP contribution in [0.25, 0.3) is 0 Å². The van der Waals surface area contributed by atoms with Crippen molar-refractivity contribution in [2.45, 2.75) is 33.2 Å². The number of aryl methyl sites for hydroxylation is 3. The van der Waals surface area contributed by atoms with E-state index in [4.69, 9.17) is 0 Å². The SMILES string of the molecule is CCNCc1c(CCc2ccccc2)n[nH]c1C. The average Bonchev–Trinajstić information content (AvgIpc) is 2.76. The Kier molecular flexibility index (Phi) is 4.53. The summed E-state index contributed by atoms with van der Waals surface area (Å²) in [5.41, 5.74) is 5.07. The molecule has 3 heteroatoms. The van der Waals surface area contributed by atoms with Gasteiger partial charge in [-0.05, 0) is 31.9 Å². The van der Waals surface area contributed by atoms with Crippen molar-refractivity contribution >= 4 is 0 Å². The molecular weight excluding hydrogens is 222 g/mol. The zero-order valence-electron chi connectivity index (χ0n) is 11.2. The van der Waals surface area contributed by atoms with Crippen LogP contribution in [0.3, 0.4) is 0 Å². The third kappa shape index (κ3) is 3.20. The highest BCUT2D eigenvalue weighted by molar-refractivity contribution is 5.26. The average molecular weight is 243 g/mol. The van der Waals surface area contributed by atoms with E-state index in [9.17, 15) is 0 Å². The molecule has 0 amide bonds. The van der Waals surface area contributed by atoms with E-state index in [1.165, 1.54) is 22.5 Å². The van der Waals surface area contributed by atoms with Crippen molar-refractivity contribution in [1.29, 1.82) is 0 Å². The molecular formula is C15H21N3. The molecule has 2 aromatic rings. The first-order valence-electron chi connectivity index (χ1n) is 6.58. The van der Waals surface area contributed by atoms with E-state index in [0.717, 1.165) is 25.9 Å². The Morgan fingerprint density at radius 3 is 2.67 bits per heavy atom. The summed E-state index contributed by atoms with van der Waals surface area (Å²) in [5, 5.41) is 10.9. The van der Waals surface area contributed by atoms with Crippen LogP contribution >= 0.6 is 0 Å². The number of H-pyrrole nitrogens is 1. The Hall–Kier alpha value is -1.61. The number of hydrogen-bond donors (Lipinski definition) is 2. The van der Waals surface area contributed by atoms with Crippen LogP contribution in [0.15, 0.2) is 30.3 Å². The molecule has 0 aliphatic rings. The Labute approximate surface area is 109 Å². The molecule has 0 saturated carbocycles. The van der Waals surface area contributed by atoms with E-state index in [0.29, 0.717) is 0 Å². The first kappa shape index (κ1) is 12.8. The first-order valence-corrected chi connectivity index (χ1v) is 6.58. The third-order valence-electron chi connectivity index (χ3n) is 3.20. The van der Waals surface area contributed by atoms with Gasteiger partial charge in [0, 0.05) is 17.8 Å². The van der Waals surface area contributed by atoms with Gasteiger partial charge in [0.05, 0.1) is 5.69 Å². The molecule has 0 atom stereocenters. The Morgan fingerprint density at radius 2 is 1.94 bits per heavy atom. The van der Waals surface area contributed by atoms with Gasteiger partial charge in [-0.15, -0.1) is 0 Å². The molecule has 0 unspecified atom stereocenters. The van der Waals surface area contributed by atoms with Crippen LogP contribution < -0.4 is 5.32 Å². The van der Waals surface area contributed by atoms with Gasteiger partial charge in [-0.3, -0.25) is 5.10 Å². The molecule has 0 fully saturated rings. The molecule has 18 heavy (non-hydrogen) atoms. The fourth-order valence-corrected chi connectivity index (χ4v) is 2.10. The Balaban J connectivity index is 2.01. The van der Waals surface area contributed by atoms with Gasteiger partial charge in [0.2, 0.25) is 0 Å².